The largest absolute Gasteiger partial charge is 0.352 e. The molecule has 3 amide bonds. The fourth-order valence-corrected chi connectivity index (χ4v) is 6.80. The normalized spacial score (nSPS) is 17.8. The van der Waals surface area contributed by atoms with Crippen molar-refractivity contribution in [2.24, 2.45) is 0 Å². The van der Waals surface area contributed by atoms with Crippen molar-refractivity contribution in [3.8, 4) is 0 Å². The van der Waals surface area contributed by atoms with Crippen LogP contribution in [0.2, 0.25) is 0 Å². The van der Waals surface area contributed by atoms with Gasteiger partial charge in [-0.1, -0.05) is 68.7 Å². The molecule has 8 nitrogen and oxygen atoms in total. The lowest BCUT2D eigenvalue weighted by Gasteiger charge is -2.33. The molecule has 1 fully saturated rings. The van der Waals surface area contributed by atoms with Crippen molar-refractivity contribution >= 4 is 27.7 Å². The molecule has 4 rings (SSSR count). The van der Waals surface area contributed by atoms with E-state index in [0.29, 0.717) is 19.4 Å². The third kappa shape index (κ3) is 6.04. The van der Waals surface area contributed by atoms with E-state index in [4.69, 9.17) is 0 Å². The van der Waals surface area contributed by atoms with Crippen LogP contribution in [-0.4, -0.2) is 60.5 Å². The van der Waals surface area contributed by atoms with Crippen molar-refractivity contribution in [1.29, 1.82) is 0 Å². The second-order valence-corrected chi connectivity index (χ2v) is 11.5. The summed E-state index contributed by atoms with van der Waals surface area (Å²) >= 11 is 0. The highest BCUT2D eigenvalue weighted by Crippen LogP contribution is 2.30. The van der Waals surface area contributed by atoms with Crippen LogP contribution in [0.25, 0.3) is 0 Å². The molecule has 0 aromatic heterocycles. The molecule has 1 unspecified atom stereocenters. The highest BCUT2D eigenvalue weighted by Gasteiger charge is 2.41. The van der Waals surface area contributed by atoms with E-state index in [1.807, 2.05) is 37.3 Å². The van der Waals surface area contributed by atoms with E-state index in [0.717, 1.165) is 35.6 Å². The average Bonchev–Trinajstić information content (AvgIpc) is 3.10. The number of benzene rings is 2. The van der Waals surface area contributed by atoms with Crippen LogP contribution in [0.15, 0.2) is 59.5 Å². The topological polar surface area (TPSA) is 104 Å². The molecule has 198 valence electrons. The monoisotopic (exact) mass is 525 g/mol. The molecule has 1 heterocycles. The number of nitrogens with one attached hydrogen (secondary N) is 1. The smallest absolute Gasteiger partial charge is 0.269 e. The molecule has 1 atom stereocenters. The van der Waals surface area contributed by atoms with Crippen LogP contribution < -0.4 is 5.32 Å². The van der Waals surface area contributed by atoms with Crippen molar-refractivity contribution in [1.82, 2.24) is 14.5 Å². The summed E-state index contributed by atoms with van der Waals surface area (Å²) in [5.74, 6) is -1.14. The molecule has 0 saturated heterocycles. The Kier molecular flexibility index (Phi) is 8.63. The first-order chi connectivity index (χ1) is 17.8. The second kappa shape index (κ2) is 11.9. The summed E-state index contributed by atoms with van der Waals surface area (Å²) < 4.78 is 26.6. The lowest BCUT2D eigenvalue weighted by molar-refractivity contribution is -0.141. The minimum absolute atomic E-state index is 0.0355. The minimum atomic E-state index is -4.00. The van der Waals surface area contributed by atoms with Gasteiger partial charge in [-0.25, -0.2) is 12.7 Å². The van der Waals surface area contributed by atoms with Gasteiger partial charge in [-0.15, -0.1) is 0 Å². The summed E-state index contributed by atoms with van der Waals surface area (Å²) in [6.45, 7) is 1.93. The SMILES string of the molecule is CCC(C(=O)NC1CCCCC1)N(CCc1ccccc1)C(=O)CCN1C(=O)c2ccccc2S1(=O)=O. The van der Waals surface area contributed by atoms with Crippen LogP contribution in [0, 0.1) is 0 Å². The molecule has 2 aliphatic rings. The number of nitrogens with zero attached hydrogens (tertiary/aromatic N) is 2. The van der Waals surface area contributed by atoms with Crippen molar-refractivity contribution in [3.63, 3.8) is 0 Å². The van der Waals surface area contributed by atoms with E-state index in [-0.39, 0.29) is 41.3 Å². The molecule has 0 bridgehead atoms. The molecule has 1 N–H and O–H groups in total. The fraction of sp³-hybridized carbons (Fsp3) is 0.464. The number of carbonyl (C=O) groups excluding carboxylic acids is 3. The van der Waals surface area contributed by atoms with Gasteiger partial charge in [0.1, 0.15) is 10.9 Å². The molecule has 2 aromatic rings. The maximum atomic E-state index is 13.5. The van der Waals surface area contributed by atoms with Crippen molar-refractivity contribution in [2.75, 3.05) is 13.1 Å². The zero-order valence-electron chi connectivity index (χ0n) is 21.3. The van der Waals surface area contributed by atoms with Gasteiger partial charge in [0.05, 0.1) is 5.56 Å². The van der Waals surface area contributed by atoms with Crippen molar-refractivity contribution in [3.05, 3.63) is 65.7 Å². The van der Waals surface area contributed by atoms with E-state index in [9.17, 15) is 22.8 Å². The molecule has 1 aliphatic carbocycles. The van der Waals surface area contributed by atoms with Gasteiger partial charge >= 0.3 is 0 Å². The molecule has 0 spiro atoms. The van der Waals surface area contributed by atoms with E-state index >= 15 is 0 Å². The molecule has 9 heteroatoms. The van der Waals surface area contributed by atoms with Gasteiger partial charge in [0.25, 0.3) is 15.9 Å². The number of sulfonamides is 1. The summed E-state index contributed by atoms with van der Waals surface area (Å²) in [6, 6.07) is 15.2. The number of fused-ring (bicyclic) bond motifs is 1. The predicted molar refractivity (Wildman–Crippen MR) is 140 cm³/mol. The third-order valence-corrected chi connectivity index (χ3v) is 9.10. The first-order valence-electron chi connectivity index (χ1n) is 13.1. The third-order valence-electron chi connectivity index (χ3n) is 7.26. The highest BCUT2D eigenvalue weighted by molar-refractivity contribution is 7.90. The lowest BCUT2D eigenvalue weighted by Crippen LogP contribution is -2.52. The molecule has 1 saturated carbocycles. The first-order valence-corrected chi connectivity index (χ1v) is 14.6. The van der Waals surface area contributed by atoms with Crippen LogP contribution in [0.5, 0.6) is 0 Å². The van der Waals surface area contributed by atoms with Gasteiger partial charge in [-0.05, 0) is 43.4 Å². The van der Waals surface area contributed by atoms with Gasteiger partial charge in [0.2, 0.25) is 11.8 Å². The number of rotatable bonds is 10. The Labute approximate surface area is 219 Å². The molecular formula is C28H35N3O5S. The summed E-state index contributed by atoms with van der Waals surface area (Å²) in [7, 11) is -4.00. The average molecular weight is 526 g/mol. The van der Waals surface area contributed by atoms with Gasteiger partial charge in [-0.2, -0.15) is 0 Å². The van der Waals surface area contributed by atoms with Crippen LogP contribution in [0.3, 0.4) is 0 Å². The Hall–Kier alpha value is -3.20. The Balaban J connectivity index is 1.49. The first kappa shape index (κ1) is 26.9. The maximum Gasteiger partial charge on any atom is 0.269 e. The zero-order valence-corrected chi connectivity index (χ0v) is 22.1. The molecular weight excluding hydrogens is 490 g/mol. The van der Waals surface area contributed by atoms with E-state index in [1.165, 1.54) is 18.6 Å². The van der Waals surface area contributed by atoms with Crippen LogP contribution >= 0.6 is 0 Å². The predicted octanol–water partition coefficient (Wildman–Crippen LogP) is 3.52. The number of carbonyl (C=O) groups is 3. The second-order valence-electron chi connectivity index (χ2n) is 9.72. The van der Waals surface area contributed by atoms with E-state index < -0.39 is 22.0 Å². The minimum Gasteiger partial charge on any atom is -0.352 e. The van der Waals surface area contributed by atoms with Gasteiger partial charge < -0.3 is 10.2 Å². The summed E-state index contributed by atoms with van der Waals surface area (Å²) in [5.41, 5.74) is 1.16. The van der Waals surface area contributed by atoms with Gasteiger partial charge in [0, 0.05) is 25.6 Å². The Morgan fingerprint density at radius 3 is 2.38 bits per heavy atom. The Morgan fingerprint density at radius 1 is 1.03 bits per heavy atom. The summed E-state index contributed by atoms with van der Waals surface area (Å²) in [4.78, 5) is 41.1. The van der Waals surface area contributed by atoms with E-state index in [1.54, 1.807) is 17.0 Å². The number of hydrogen-bond acceptors (Lipinski definition) is 5. The van der Waals surface area contributed by atoms with Crippen LogP contribution in [0.4, 0.5) is 0 Å². The van der Waals surface area contributed by atoms with Crippen molar-refractivity contribution < 1.29 is 22.8 Å². The zero-order chi connectivity index (χ0) is 26.4. The summed E-state index contributed by atoms with van der Waals surface area (Å²) in [5, 5.41) is 3.14. The standard InChI is InChI=1S/C28H35N3O5S/c1-2-24(27(33)29-22-13-7-4-8-14-22)30(19-17-21-11-5-3-6-12-21)26(32)18-20-31-28(34)23-15-9-10-16-25(23)37(31,35)36/h3,5-6,9-12,15-16,22,24H,2,4,7-8,13-14,17-20H2,1H3,(H,29,33). The summed E-state index contributed by atoms with van der Waals surface area (Å²) in [6.07, 6.45) is 6.02. The highest BCUT2D eigenvalue weighted by atomic mass is 32.2. The lowest BCUT2D eigenvalue weighted by atomic mass is 9.95. The number of hydrogen-bond donors (Lipinski definition) is 1. The maximum absolute atomic E-state index is 13.5. The van der Waals surface area contributed by atoms with Crippen LogP contribution in [0.1, 0.15) is 67.8 Å². The fourth-order valence-electron chi connectivity index (χ4n) is 5.23. The van der Waals surface area contributed by atoms with E-state index in [2.05, 4.69) is 5.32 Å². The molecule has 0 radical (unpaired) electrons. The quantitative estimate of drug-likeness (QED) is 0.511. The van der Waals surface area contributed by atoms with Crippen LogP contribution in [-0.2, 0) is 26.0 Å². The molecule has 2 aromatic carbocycles. The molecule has 1 aliphatic heterocycles. The Morgan fingerprint density at radius 2 is 1.70 bits per heavy atom. The van der Waals surface area contributed by atoms with Gasteiger partial charge in [0.15, 0.2) is 0 Å². The number of amides is 3. The van der Waals surface area contributed by atoms with Gasteiger partial charge in [-0.3, -0.25) is 14.4 Å². The Bertz CT molecular complexity index is 1230. The van der Waals surface area contributed by atoms with Crippen molar-refractivity contribution in [2.45, 2.75) is 75.3 Å². The molecule has 37 heavy (non-hydrogen) atoms.